The second-order valence-corrected chi connectivity index (χ2v) is 12.8. The maximum absolute atomic E-state index is 13.3. The number of aryl methyl sites for hydroxylation is 1. The molecule has 10 nitrogen and oxygen atoms in total. The highest BCUT2D eigenvalue weighted by Crippen LogP contribution is 2.51. The van der Waals surface area contributed by atoms with Crippen LogP contribution in [0.3, 0.4) is 0 Å². The molecule has 4 aromatic rings. The lowest BCUT2D eigenvalue weighted by atomic mass is 9.63. The van der Waals surface area contributed by atoms with E-state index in [0.717, 1.165) is 25.9 Å². The molecule has 3 N–H and O–H groups in total. The van der Waals surface area contributed by atoms with Crippen molar-refractivity contribution in [1.82, 2.24) is 30.1 Å². The van der Waals surface area contributed by atoms with Crippen LogP contribution in [-0.4, -0.2) is 64.3 Å². The standard InChI is InChI=1S/C26H28F3N7O3S/c1-16-10-18(40(37,38)19-11-25(12-19)5-7-30-8-6-25)2-3-21(16)33-24-34-23-22(39-15-26(27,28)29)20(4-9-36(23)35-24)17-13-31-32-14-17/h2-4,9-10,13-14,19,30H,5-8,11-12,15H2,1H3,(H,31,32)(H,33,35). The zero-order valence-corrected chi connectivity index (χ0v) is 22.4. The van der Waals surface area contributed by atoms with Crippen LogP contribution in [0.25, 0.3) is 16.8 Å². The first-order valence-corrected chi connectivity index (χ1v) is 14.5. The van der Waals surface area contributed by atoms with Gasteiger partial charge in [0.15, 0.2) is 27.8 Å². The number of hydrogen-bond acceptors (Lipinski definition) is 8. The molecule has 1 saturated heterocycles. The van der Waals surface area contributed by atoms with Crippen molar-refractivity contribution in [2.75, 3.05) is 25.0 Å². The third-order valence-corrected chi connectivity index (χ3v) is 9.97. The van der Waals surface area contributed by atoms with Crippen LogP contribution in [0.4, 0.5) is 24.8 Å². The van der Waals surface area contributed by atoms with Crippen LogP contribution in [0, 0.1) is 12.3 Å². The minimum absolute atomic E-state index is 0.0825. The van der Waals surface area contributed by atoms with Crippen LogP contribution in [0.5, 0.6) is 5.75 Å². The fraction of sp³-hybridized carbons (Fsp3) is 0.423. The maximum Gasteiger partial charge on any atom is 0.422 e. The quantitative estimate of drug-likeness (QED) is 0.296. The number of aromatic amines is 1. The van der Waals surface area contributed by atoms with Gasteiger partial charge in [0.25, 0.3) is 0 Å². The number of H-pyrrole nitrogens is 1. The van der Waals surface area contributed by atoms with Gasteiger partial charge in [-0.15, -0.1) is 5.10 Å². The van der Waals surface area contributed by atoms with Gasteiger partial charge in [0, 0.05) is 29.2 Å². The van der Waals surface area contributed by atoms with Gasteiger partial charge in [0.05, 0.1) is 16.3 Å². The number of sulfone groups is 1. The number of nitrogens with one attached hydrogen (secondary N) is 3. The summed E-state index contributed by atoms with van der Waals surface area (Å²) in [6.45, 7) is 2.15. The summed E-state index contributed by atoms with van der Waals surface area (Å²) in [4.78, 5) is 4.66. The van der Waals surface area contributed by atoms with Crippen molar-refractivity contribution in [3.05, 3.63) is 48.4 Å². The number of aromatic nitrogens is 5. The number of ether oxygens (including phenoxy) is 1. The molecule has 1 aliphatic heterocycles. The lowest BCUT2D eigenvalue weighted by Gasteiger charge is -2.49. The summed E-state index contributed by atoms with van der Waals surface area (Å²) in [5, 5.41) is 16.9. The highest BCUT2D eigenvalue weighted by atomic mass is 32.2. The molecule has 1 spiro atoms. The Morgan fingerprint density at radius 2 is 1.98 bits per heavy atom. The van der Waals surface area contributed by atoms with Crippen molar-refractivity contribution in [2.24, 2.45) is 5.41 Å². The average molecular weight is 576 g/mol. The van der Waals surface area contributed by atoms with E-state index in [1.807, 2.05) is 0 Å². The lowest BCUT2D eigenvalue weighted by molar-refractivity contribution is -0.153. The molecule has 3 aromatic heterocycles. The van der Waals surface area contributed by atoms with E-state index in [2.05, 4.69) is 30.9 Å². The number of alkyl halides is 3. The second kappa shape index (κ2) is 9.77. The summed E-state index contributed by atoms with van der Waals surface area (Å²) >= 11 is 0. The van der Waals surface area contributed by atoms with E-state index >= 15 is 0 Å². The number of halogens is 3. The van der Waals surface area contributed by atoms with E-state index in [4.69, 9.17) is 4.74 Å². The Hall–Kier alpha value is -3.65. The third kappa shape index (κ3) is 5.01. The summed E-state index contributed by atoms with van der Waals surface area (Å²) in [6, 6.07) is 6.44. The number of benzene rings is 1. The number of fused-ring (bicyclic) bond motifs is 1. The number of pyridine rings is 1. The topological polar surface area (TPSA) is 126 Å². The fourth-order valence-electron chi connectivity index (χ4n) is 5.66. The molecule has 0 bridgehead atoms. The Labute approximate surface area is 228 Å². The van der Waals surface area contributed by atoms with E-state index in [1.165, 1.54) is 16.9 Å². The van der Waals surface area contributed by atoms with Crippen molar-refractivity contribution < 1.29 is 26.3 Å². The Morgan fingerprint density at radius 1 is 1.20 bits per heavy atom. The van der Waals surface area contributed by atoms with Crippen LogP contribution in [-0.2, 0) is 9.84 Å². The zero-order chi connectivity index (χ0) is 28.1. The van der Waals surface area contributed by atoms with Gasteiger partial charge in [0.1, 0.15) is 0 Å². The summed E-state index contributed by atoms with van der Waals surface area (Å²) in [6.07, 6.45) is 3.44. The van der Waals surface area contributed by atoms with Crippen LogP contribution in [0.15, 0.2) is 47.8 Å². The smallest absolute Gasteiger partial charge is 0.422 e. The minimum Gasteiger partial charge on any atom is -0.479 e. The first-order valence-electron chi connectivity index (χ1n) is 12.9. The predicted octanol–water partition coefficient (Wildman–Crippen LogP) is 4.42. The summed E-state index contributed by atoms with van der Waals surface area (Å²) < 4.78 is 72.1. The Kier molecular flexibility index (Phi) is 6.49. The van der Waals surface area contributed by atoms with Gasteiger partial charge in [-0.05, 0) is 80.9 Å². The molecular weight excluding hydrogens is 547 g/mol. The molecule has 6 rings (SSSR count). The normalized spacial score (nSPS) is 17.7. The van der Waals surface area contributed by atoms with Crippen molar-refractivity contribution in [2.45, 2.75) is 48.9 Å². The van der Waals surface area contributed by atoms with E-state index in [0.29, 0.717) is 35.2 Å². The molecule has 0 atom stereocenters. The molecule has 1 saturated carbocycles. The van der Waals surface area contributed by atoms with E-state index in [-0.39, 0.29) is 32.9 Å². The van der Waals surface area contributed by atoms with E-state index in [1.54, 1.807) is 37.4 Å². The molecule has 1 aromatic carbocycles. The molecule has 212 valence electrons. The molecule has 0 radical (unpaired) electrons. The van der Waals surface area contributed by atoms with Crippen molar-refractivity contribution in [3.63, 3.8) is 0 Å². The van der Waals surface area contributed by atoms with Gasteiger partial charge in [-0.3, -0.25) is 5.10 Å². The van der Waals surface area contributed by atoms with Gasteiger partial charge in [-0.1, -0.05) is 0 Å². The summed E-state index contributed by atoms with van der Waals surface area (Å²) in [5.74, 6) is 0.0266. The highest BCUT2D eigenvalue weighted by molar-refractivity contribution is 7.92. The highest BCUT2D eigenvalue weighted by Gasteiger charge is 2.50. The van der Waals surface area contributed by atoms with Crippen molar-refractivity contribution in [1.29, 1.82) is 0 Å². The molecule has 14 heteroatoms. The summed E-state index contributed by atoms with van der Waals surface area (Å²) in [5.41, 5.74) is 2.38. The number of rotatable bonds is 7. The predicted molar refractivity (Wildman–Crippen MR) is 141 cm³/mol. The van der Waals surface area contributed by atoms with Gasteiger partial charge >= 0.3 is 6.18 Å². The molecule has 2 aliphatic rings. The molecular formula is C26H28F3N7O3S. The Morgan fingerprint density at radius 3 is 2.65 bits per heavy atom. The lowest BCUT2D eigenvalue weighted by Crippen LogP contribution is -2.50. The number of hydrogen-bond donors (Lipinski definition) is 3. The largest absolute Gasteiger partial charge is 0.479 e. The van der Waals surface area contributed by atoms with Crippen molar-refractivity contribution in [3.8, 4) is 16.9 Å². The molecule has 40 heavy (non-hydrogen) atoms. The molecule has 0 unspecified atom stereocenters. The molecule has 0 amide bonds. The molecule has 1 aliphatic carbocycles. The van der Waals surface area contributed by atoms with Crippen LogP contribution in [0.1, 0.15) is 31.2 Å². The number of anilines is 2. The van der Waals surface area contributed by atoms with E-state index in [9.17, 15) is 21.6 Å². The average Bonchev–Trinajstić information content (AvgIpc) is 3.57. The molecule has 4 heterocycles. The first kappa shape index (κ1) is 26.6. The number of nitrogens with zero attached hydrogens (tertiary/aromatic N) is 4. The summed E-state index contributed by atoms with van der Waals surface area (Å²) in [7, 11) is -3.46. The van der Waals surface area contributed by atoms with Crippen LogP contribution in [0.2, 0.25) is 0 Å². The Balaban J connectivity index is 1.24. The molecule has 2 fully saturated rings. The maximum atomic E-state index is 13.3. The minimum atomic E-state index is -4.55. The monoisotopic (exact) mass is 575 g/mol. The zero-order valence-electron chi connectivity index (χ0n) is 21.6. The van der Waals surface area contributed by atoms with Gasteiger partial charge in [0.2, 0.25) is 5.95 Å². The Bertz CT molecular complexity index is 1640. The van der Waals surface area contributed by atoms with Gasteiger partial charge in [-0.2, -0.15) is 23.3 Å². The van der Waals surface area contributed by atoms with Gasteiger partial charge in [-0.25, -0.2) is 12.9 Å². The third-order valence-electron chi connectivity index (χ3n) is 7.85. The van der Waals surface area contributed by atoms with E-state index < -0.39 is 22.6 Å². The number of piperidine rings is 1. The van der Waals surface area contributed by atoms with Crippen LogP contribution < -0.4 is 15.4 Å². The van der Waals surface area contributed by atoms with Crippen LogP contribution >= 0.6 is 0 Å². The van der Waals surface area contributed by atoms with Gasteiger partial charge < -0.3 is 15.4 Å². The fourth-order valence-corrected chi connectivity index (χ4v) is 7.78. The SMILES string of the molecule is Cc1cc(S(=O)(=O)C2CC3(CCNCC3)C2)ccc1Nc1nc2c(OCC(F)(F)F)c(-c3cn[nH]c3)ccn2n1. The second-order valence-electron chi connectivity index (χ2n) is 10.6. The van der Waals surface area contributed by atoms with Crippen molar-refractivity contribution >= 4 is 27.1 Å². The first-order chi connectivity index (χ1) is 19.0.